The van der Waals surface area contributed by atoms with Crippen molar-refractivity contribution in [2.45, 2.75) is 39.0 Å². The molecule has 0 aliphatic heterocycles. The minimum absolute atomic E-state index is 0.438. The Morgan fingerprint density at radius 1 is 1.35 bits per heavy atom. The first kappa shape index (κ1) is 15.8. The zero-order valence-corrected chi connectivity index (χ0v) is 14.4. The van der Waals surface area contributed by atoms with Crippen molar-refractivity contribution < 1.29 is 0 Å². The van der Waals surface area contributed by atoms with Gasteiger partial charge in [-0.2, -0.15) is 0 Å². The molecule has 20 heavy (non-hydrogen) atoms. The molecule has 1 aliphatic rings. The highest BCUT2D eigenvalue weighted by molar-refractivity contribution is 9.10. The summed E-state index contributed by atoms with van der Waals surface area (Å²) in [5.41, 5.74) is 7.65. The van der Waals surface area contributed by atoms with Crippen LogP contribution in [0.4, 0.5) is 5.69 Å². The molecule has 0 heterocycles. The largest absolute Gasteiger partial charge is 0.389 e. The first-order valence-electron chi connectivity index (χ1n) is 7.39. The van der Waals surface area contributed by atoms with Gasteiger partial charge in [0.15, 0.2) is 0 Å². The molecule has 1 aliphatic carbocycles. The molecule has 0 radical (unpaired) electrons. The highest BCUT2D eigenvalue weighted by Crippen LogP contribution is 2.30. The van der Waals surface area contributed by atoms with Crippen molar-refractivity contribution in [2.24, 2.45) is 17.6 Å². The third-order valence-corrected chi connectivity index (χ3v) is 5.15. The van der Waals surface area contributed by atoms with Crippen molar-refractivity contribution in [3.8, 4) is 0 Å². The zero-order valence-electron chi connectivity index (χ0n) is 12.0. The van der Waals surface area contributed by atoms with Crippen LogP contribution in [0.15, 0.2) is 22.7 Å². The first-order chi connectivity index (χ1) is 9.56. The van der Waals surface area contributed by atoms with Crippen molar-refractivity contribution in [3.05, 3.63) is 28.2 Å². The molecule has 2 rings (SSSR count). The molecule has 0 unspecified atom stereocenters. The molecule has 1 saturated carbocycles. The normalized spacial score (nSPS) is 22.5. The van der Waals surface area contributed by atoms with E-state index in [1.165, 1.54) is 32.1 Å². The molecule has 1 fully saturated rings. The van der Waals surface area contributed by atoms with E-state index in [4.69, 9.17) is 18.0 Å². The number of nitrogens with one attached hydrogen (secondary N) is 1. The van der Waals surface area contributed by atoms with E-state index in [2.05, 4.69) is 28.2 Å². The summed E-state index contributed by atoms with van der Waals surface area (Å²) in [6.45, 7) is 3.40. The van der Waals surface area contributed by atoms with Gasteiger partial charge in [-0.05, 0) is 52.4 Å². The zero-order chi connectivity index (χ0) is 14.5. The van der Waals surface area contributed by atoms with Crippen molar-refractivity contribution in [1.29, 1.82) is 0 Å². The Hall–Kier alpha value is -0.610. The van der Waals surface area contributed by atoms with Gasteiger partial charge < -0.3 is 11.1 Å². The average Bonchev–Trinajstić information content (AvgIpc) is 2.42. The SMILES string of the molecule is CC1CCC(CCNc2ccc(C(N)=S)cc2Br)CC1. The van der Waals surface area contributed by atoms with Gasteiger partial charge in [-0.25, -0.2) is 0 Å². The molecule has 1 aromatic carbocycles. The molecule has 0 saturated heterocycles. The Labute approximate surface area is 135 Å². The molecule has 1 aromatic rings. The number of rotatable bonds is 5. The fourth-order valence-corrected chi connectivity index (χ4v) is 3.49. The number of hydrogen-bond donors (Lipinski definition) is 2. The monoisotopic (exact) mass is 354 g/mol. The molecule has 3 N–H and O–H groups in total. The summed E-state index contributed by atoms with van der Waals surface area (Å²) in [5.74, 6) is 1.83. The lowest BCUT2D eigenvalue weighted by Gasteiger charge is -2.26. The second kappa shape index (κ2) is 7.41. The summed E-state index contributed by atoms with van der Waals surface area (Å²) in [6, 6.07) is 5.99. The lowest BCUT2D eigenvalue weighted by molar-refractivity contribution is 0.282. The molecule has 0 spiro atoms. The van der Waals surface area contributed by atoms with E-state index in [1.807, 2.05) is 18.2 Å². The van der Waals surface area contributed by atoms with Crippen LogP contribution in [-0.4, -0.2) is 11.5 Å². The number of anilines is 1. The predicted molar refractivity (Wildman–Crippen MR) is 94.3 cm³/mol. The summed E-state index contributed by atoms with van der Waals surface area (Å²) in [4.78, 5) is 0.438. The number of halogens is 1. The van der Waals surface area contributed by atoms with Gasteiger partial charge >= 0.3 is 0 Å². The maximum Gasteiger partial charge on any atom is 0.104 e. The van der Waals surface area contributed by atoms with E-state index in [0.717, 1.165) is 34.1 Å². The predicted octanol–water partition coefficient (Wildman–Crippen LogP) is 4.71. The Bertz CT molecular complexity index is 468. The Balaban J connectivity index is 1.81. The van der Waals surface area contributed by atoms with E-state index >= 15 is 0 Å². The van der Waals surface area contributed by atoms with Crippen molar-refractivity contribution >= 4 is 38.8 Å². The van der Waals surface area contributed by atoms with E-state index in [0.29, 0.717) is 4.99 Å². The van der Waals surface area contributed by atoms with Gasteiger partial charge in [0.25, 0.3) is 0 Å². The van der Waals surface area contributed by atoms with Crippen LogP contribution in [0.3, 0.4) is 0 Å². The summed E-state index contributed by atoms with van der Waals surface area (Å²) in [7, 11) is 0. The number of hydrogen-bond acceptors (Lipinski definition) is 2. The van der Waals surface area contributed by atoms with Gasteiger partial charge in [0.1, 0.15) is 4.99 Å². The van der Waals surface area contributed by atoms with Gasteiger partial charge in [0.2, 0.25) is 0 Å². The Morgan fingerprint density at radius 2 is 2.05 bits per heavy atom. The highest BCUT2D eigenvalue weighted by atomic mass is 79.9. The number of nitrogens with two attached hydrogens (primary N) is 1. The summed E-state index contributed by atoms with van der Waals surface area (Å²) < 4.78 is 1.03. The van der Waals surface area contributed by atoms with Crippen LogP contribution in [-0.2, 0) is 0 Å². The maximum absolute atomic E-state index is 5.63. The lowest BCUT2D eigenvalue weighted by atomic mass is 9.81. The standard InChI is InChI=1S/C16H23BrN2S/c1-11-2-4-12(5-3-11)8-9-19-15-7-6-13(16(18)20)10-14(15)17/h6-7,10-12,19H,2-5,8-9H2,1H3,(H2,18,20). The molecule has 0 aromatic heterocycles. The minimum Gasteiger partial charge on any atom is -0.389 e. The third kappa shape index (κ3) is 4.45. The van der Waals surface area contributed by atoms with E-state index in [1.54, 1.807) is 0 Å². The van der Waals surface area contributed by atoms with Gasteiger partial charge in [-0.1, -0.05) is 44.8 Å². The summed E-state index contributed by atoms with van der Waals surface area (Å²) in [5, 5.41) is 3.51. The number of benzene rings is 1. The van der Waals surface area contributed by atoms with Gasteiger partial charge in [-0.3, -0.25) is 0 Å². The Kier molecular flexibility index (Phi) is 5.85. The van der Waals surface area contributed by atoms with Crippen LogP contribution in [0.5, 0.6) is 0 Å². The third-order valence-electron chi connectivity index (χ3n) is 4.26. The molecule has 110 valence electrons. The minimum atomic E-state index is 0.438. The highest BCUT2D eigenvalue weighted by Gasteiger charge is 2.17. The fourth-order valence-electron chi connectivity index (χ4n) is 2.84. The topological polar surface area (TPSA) is 38.0 Å². The van der Waals surface area contributed by atoms with Crippen LogP contribution >= 0.6 is 28.1 Å². The molecule has 4 heteroatoms. The van der Waals surface area contributed by atoms with Crippen LogP contribution < -0.4 is 11.1 Å². The number of thiocarbonyl (C=S) groups is 1. The molecular weight excluding hydrogens is 332 g/mol. The average molecular weight is 355 g/mol. The van der Waals surface area contributed by atoms with Crippen molar-refractivity contribution in [3.63, 3.8) is 0 Å². The van der Waals surface area contributed by atoms with Gasteiger partial charge in [-0.15, -0.1) is 0 Å². The van der Waals surface area contributed by atoms with Crippen LogP contribution in [0.1, 0.15) is 44.6 Å². The van der Waals surface area contributed by atoms with Gasteiger partial charge in [0.05, 0.1) is 0 Å². The van der Waals surface area contributed by atoms with E-state index in [9.17, 15) is 0 Å². The molecule has 0 atom stereocenters. The maximum atomic E-state index is 5.63. The molecule has 0 amide bonds. The second-order valence-electron chi connectivity index (χ2n) is 5.90. The van der Waals surface area contributed by atoms with Crippen LogP contribution in [0.25, 0.3) is 0 Å². The molecule has 2 nitrogen and oxygen atoms in total. The fraction of sp³-hybridized carbons (Fsp3) is 0.562. The second-order valence-corrected chi connectivity index (χ2v) is 7.19. The van der Waals surface area contributed by atoms with Crippen LogP contribution in [0.2, 0.25) is 0 Å². The summed E-state index contributed by atoms with van der Waals surface area (Å²) >= 11 is 8.56. The Morgan fingerprint density at radius 3 is 2.65 bits per heavy atom. The van der Waals surface area contributed by atoms with Crippen molar-refractivity contribution in [2.75, 3.05) is 11.9 Å². The molecular formula is C16H23BrN2S. The summed E-state index contributed by atoms with van der Waals surface area (Å²) in [6.07, 6.45) is 6.85. The van der Waals surface area contributed by atoms with Gasteiger partial charge in [0, 0.05) is 22.3 Å². The molecule has 0 bridgehead atoms. The van der Waals surface area contributed by atoms with E-state index < -0.39 is 0 Å². The first-order valence-corrected chi connectivity index (χ1v) is 8.59. The van der Waals surface area contributed by atoms with Crippen LogP contribution in [0, 0.1) is 11.8 Å². The lowest BCUT2D eigenvalue weighted by Crippen LogP contribution is -2.16. The quantitative estimate of drug-likeness (QED) is 0.751. The smallest absolute Gasteiger partial charge is 0.104 e. The van der Waals surface area contributed by atoms with E-state index in [-0.39, 0.29) is 0 Å². The van der Waals surface area contributed by atoms with Crippen molar-refractivity contribution in [1.82, 2.24) is 0 Å².